The highest BCUT2D eigenvalue weighted by atomic mass is 35.5. The molecule has 0 unspecified atom stereocenters. The molecule has 0 aliphatic heterocycles. The number of carboxylic acid groups (broad SMARTS) is 1. The van der Waals surface area contributed by atoms with Crippen molar-refractivity contribution in [1.29, 1.82) is 0 Å². The van der Waals surface area contributed by atoms with Crippen molar-refractivity contribution >= 4 is 29.3 Å². The molecule has 2 aromatic heterocycles. The second-order valence-electron chi connectivity index (χ2n) is 5.85. The topological polar surface area (TPSA) is 102 Å². The van der Waals surface area contributed by atoms with Gasteiger partial charge in [0.15, 0.2) is 11.5 Å². The van der Waals surface area contributed by atoms with Crippen LogP contribution in [0.2, 0.25) is 5.02 Å². The van der Waals surface area contributed by atoms with Crippen LogP contribution in [0, 0.1) is 12.7 Å². The van der Waals surface area contributed by atoms with Crippen LogP contribution in [0.15, 0.2) is 30.5 Å². The molecule has 0 radical (unpaired) electrons. The molecule has 0 atom stereocenters. The monoisotopic (exact) mass is 391 g/mol. The van der Waals surface area contributed by atoms with Crippen molar-refractivity contribution in [3.05, 3.63) is 63.8 Å². The molecule has 1 amide bonds. The molecule has 1 aromatic carbocycles. The predicted molar refractivity (Wildman–Crippen MR) is 95.6 cm³/mol. The van der Waals surface area contributed by atoms with E-state index in [1.807, 2.05) is 0 Å². The first-order valence-electron chi connectivity index (χ1n) is 7.82. The zero-order chi connectivity index (χ0) is 19.7. The fraction of sp³-hybridized carbons (Fsp3) is 0.176. The third kappa shape index (κ3) is 3.82. The minimum atomic E-state index is -1.31. The molecule has 0 saturated carbocycles. The van der Waals surface area contributed by atoms with Gasteiger partial charge in [-0.2, -0.15) is 10.2 Å². The van der Waals surface area contributed by atoms with Gasteiger partial charge in [-0.1, -0.05) is 17.7 Å². The molecule has 3 rings (SSSR count). The van der Waals surface area contributed by atoms with Gasteiger partial charge in [-0.15, -0.1) is 0 Å². The molecule has 3 aromatic rings. The molecule has 0 aliphatic rings. The molecule has 27 heavy (non-hydrogen) atoms. The van der Waals surface area contributed by atoms with Crippen molar-refractivity contribution in [2.45, 2.75) is 13.5 Å². The van der Waals surface area contributed by atoms with E-state index < -0.39 is 17.7 Å². The predicted octanol–water partition coefficient (Wildman–Crippen LogP) is 2.72. The fourth-order valence-electron chi connectivity index (χ4n) is 2.56. The number of nitrogens with one attached hydrogen (secondary N) is 1. The third-order valence-corrected chi connectivity index (χ3v) is 4.22. The molecule has 2 N–H and O–H groups in total. The van der Waals surface area contributed by atoms with Crippen LogP contribution in [0.1, 0.15) is 32.1 Å². The van der Waals surface area contributed by atoms with Crippen LogP contribution in [0.25, 0.3) is 0 Å². The molecule has 0 spiro atoms. The number of halogens is 2. The smallest absolute Gasteiger partial charge is 0.357 e. The lowest BCUT2D eigenvalue weighted by Gasteiger charge is -2.07. The first-order valence-corrected chi connectivity index (χ1v) is 8.19. The second-order valence-corrected chi connectivity index (χ2v) is 6.26. The average molecular weight is 392 g/mol. The lowest BCUT2D eigenvalue weighted by Crippen LogP contribution is -2.16. The standard InChI is InChI=1S/C17H15ClFN5O3/c1-9-6-14(20-16(25)11-7-23(2)22-15(11)17(26)27)21-24(9)8-10-12(18)4-3-5-13(10)19/h3-7H,8H2,1-2H3,(H,26,27)(H,20,21,25). The summed E-state index contributed by atoms with van der Waals surface area (Å²) >= 11 is 6.04. The molecule has 2 heterocycles. The van der Waals surface area contributed by atoms with Gasteiger partial charge in [0.25, 0.3) is 5.91 Å². The Morgan fingerprint density at radius 2 is 2.07 bits per heavy atom. The molecule has 0 fully saturated rings. The summed E-state index contributed by atoms with van der Waals surface area (Å²) in [6, 6.07) is 5.98. The first kappa shape index (κ1) is 18.6. The van der Waals surface area contributed by atoms with Crippen molar-refractivity contribution < 1.29 is 19.1 Å². The molecule has 0 aliphatic carbocycles. The van der Waals surface area contributed by atoms with Gasteiger partial charge in [0.1, 0.15) is 5.82 Å². The van der Waals surface area contributed by atoms with E-state index in [4.69, 9.17) is 16.7 Å². The Labute approximate surface area is 158 Å². The summed E-state index contributed by atoms with van der Waals surface area (Å²) in [5, 5.41) is 19.9. The van der Waals surface area contributed by atoms with Crippen molar-refractivity contribution in [2.75, 3.05) is 5.32 Å². The Bertz CT molecular complexity index is 1020. The number of hydrogen-bond acceptors (Lipinski definition) is 4. The van der Waals surface area contributed by atoms with Crippen molar-refractivity contribution in [3.63, 3.8) is 0 Å². The summed E-state index contributed by atoms with van der Waals surface area (Å²) in [6.07, 6.45) is 1.31. The lowest BCUT2D eigenvalue weighted by molar-refractivity contribution is 0.0685. The lowest BCUT2D eigenvalue weighted by atomic mass is 10.2. The zero-order valence-electron chi connectivity index (χ0n) is 14.4. The normalized spacial score (nSPS) is 10.8. The van der Waals surface area contributed by atoms with E-state index in [1.165, 1.54) is 34.7 Å². The largest absolute Gasteiger partial charge is 0.476 e. The zero-order valence-corrected chi connectivity index (χ0v) is 15.2. The van der Waals surface area contributed by atoms with Crippen LogP contribution >= 0.6 is 11.6 Å². The van der Waals surface area contributed by atoms with Gasteiger partial charge in [0.2, 0.25) is 0 Å². The van der Waals surface area contributed by atoms with Crippen LogP contribution in [0.5, 0.6) is 0 Å². The number of benzene rings is 1. The Morgan fingerprint density at radius 1 is 1.33 bits per heavy atom. The van der Waals surface area contributed by atoms with E-state index in [9.17, 15) is 14.0 Å². The van der Waals surface area contributed by atoms with Crippen molar-refractivity contribution in [3.8, 4) is 0 Å². The molecule has 140 valence electrons. The van der Waals surface area contributed by atoms with Crippen molar-refractivity contribution in [2.24, 2.45) is 7.05 Å². The van der Waals surface area contributed by atoms with Gasteiger partial charge < -0.3 is 10.4 Å². The number of hydrogen-bond donors (Lipinski definition) is 2. The van der Waals surface area contributed by atoms with E-state index in [0.29, 0.717) is 5.69 Å². The highest BCUT2D eigenvalue weighted by Crippen LogP contribution is 2.21. The maximum absolute atomic E-state index is 14.0. The summed E-state index contributed by atoms with van der Waals surface area (Å²) in [7, 11) is 1.51. The van der Waals surface area contributed by atoms with E-state index in [1.54, 1.807) is 19.1 Å². The maximum atomic E-state index is 14.0. The quantitative estimate of drug-likeness (QED) is 0.696. The highest BCUT2D eigenvalue weighted by Gasteiger charge is 2.22. The molecule has 8 nitrogen and oxygen atoms in total. The van der Waals surface area contributed by atoms with Crippen LogP contribution in [-0.2, 0) is 13.6 Å². The molecule has 0 saturated heterocycles. The number of carboxylic acids is 1. The number of amides is 1. The summed E-state index contributed by atoms with van der Waals surface area (Å²) in [5.74, 6) is -2.22. The number of carbonyl (C=O) groups excluding carboxylic acids is 1. The number of nitrogens with zero attached hydrogens (tertiary/aromatic N) is 4. The number of rotatable bonds is 5. The first-order chi connectivity index (χ1) is 12.8. The Balaban J connectivity index is 1.83. The van der Waals surface area contributed by atoms with Crippen LogP contribution in [0.3, 0.4) is 0 Å². The summed E-state index contributed by atoms with van der Waals surface area (Å²) in [6.45, 7) is 1.82. The maximum Gasteiger partial charge on any atom is 0.357 e. The minimum Gasteiger partial charge on any atom is -0.476 e. The number of aryl methyl sites for hydroxylation is 2. The number of aromatic nitrogens is 4. The SMILES string of the molecule is Cc1cc(NC(=O)c2cn(C)nc2C(=O)O)nn1Cc1c(F)cccc1Cl. The van der Waals surface area contributed by atoms with Crippen LogP contribution < -0.4 is 5.32 Å². The second kappa shape index (κ2) is 7.20. The number of anilines is 1. The number of carbonyl (C=O) groups is 2. The Kier molecular flexibility index (Phi) is 4.95. The Morgan fingerprint density at radius 3 is 2.74 bits per heavy atom. The van der Waals surface area contributed by atoms with E-state index in [-0.39, 0.29) is 34.2 Å². The van der Waals surface area contributed by atoms with E-state index in [2.05, 4.69) is 15.5 Å². The van der Waals surface area contributed by atoms with E-state index >= 15 is 0 Å². The van der Waals surface area contributed by atoms with Gasteiger partial charge in [-0.3, -0.25) is 14.2 Å². The van der Waals surface area contributed by atoms with Gasteiger partial charge in [0, 0.05) is 35.6 Å². The summed E-state index contributed by atoms with van der Waals surface area (Å²) in [4.78, 5) is 23.6. The van der Waals surface area contributed by atoms with E-state index in [0.717, 1.165) is 0 Å². The van der Waals surface area contributed by atoms with Gasteiger partial charge >= 0.3 is 5.97 Å². The van der Waals surface area contributed by atoms with Gasteiger partial charge in [-0.05, 0) is 19.1 Å². The van der Waals surface area contributed by atoms with Gasteiger partial charge in [-0.25, -0.2) is 9.18 Å². The summed E-state index contributed by atoms with van der Waals surface area (Å²) in [5.41, 5.74) is 0.497. The van der Waals surface area contributed by atoms with Crippen LogP contribution in [-0.4, -0.2) is 36.5 Å². The average Bonchev–Trinajstić information content (AvgIpc) is 3.14. The van der Waals surface area contributed by atoms with Crippen molar-refractivity contribution in [1.82, 2.24) is 19.6 Å². The fourth-order valence-corrected chi connectivity index (χ4v) is 2.78. The molecule has 0 bridgehead atoms. The highest BCUT2D eigenvalue weighted by molar-refractivity contribution is 6.31. The Hall–Kier alpha value is -3.20. The molecule has 10 heteroatoms. The number of aromatic carboxylic acids is 1. The van der Waals surface area contributed by atoms with Crippen LogP contribution in [0.4, 0.5) is 10.2 Å². The molecular weight excluding hydrogens is 377 g/mol. The summed E-state index contributed by atoms with van der Waals surface area (Å²) < 4.78 is 16.7. The van der Waals surface area contributed by atoms with Gasteiger partial charge in [0.05, 0.1) is 12.1 Å². The molecular formula is C17H15ClFN5O3. The minimum absolute atomic E-state index is 0.0838. The third-order valence-electron chi connectivity index (χ3n) is 3.87.